The summed E-state index contributed by atoms with van der Waals surface area (Å²) in [6.07, 6.45) is 0.278. The third-order valence-corrected chi connectivity index (χ3v) is 6.74. The standard InChI is InChI=1S/C11H14BO2P/c1-11(2,3)15(13)7-14-9-6-4-5-8(12)10(9)15/h4-6H,7H2,1-3H3/t15-/m1/s1. The van der Waals surface area contributed by atoms with Gasteiger partial charge in [0.15, 0.2) is 7.14 Å². The van der Waals surface area contributed by atoms with Crippen molar-refractivity contribution in [2.75, 3.05) is 6.35 Å². The minimum atomic E-state index is -2.53. The van der Waals surface area contributed by atoms with Crippen molar-refractivity contribution in [3.8, 4) is 5.75 Å². The van der Waals surface area contributed by atoms with Gasteiger partial charge >= 0.3 is 0 Å². The fourth-order valence-corrected chi connectivity index (χ4v) is 4.29. The third-order valence-electron chi connectivity index (χ3n) is 2.88. The van der Waals surface area contributed by atoms with Gasteiger partial charge in [-0.2, -0.15) is 0 Å². The van der Waals surface area contributed by atoms with Crippen LogP contribution in [0.1, 0.15) is 20.8 Å². The average Bonchev–Trinajstić information content (AvgIpc) is 2.45. The molecule has 0 fully saturated rings. The minimum absolute atomic E-state index is 0.278. The first-order valence-electron chi connectivity index (χ1n) is 4.97. The second-order valence-corrected chi connectivity index (χ2v) is 8.40. The zero-order valence-corrected chi connectivity index (χ0v) is 10.2. The molecule has 0 bridgehead atoms. The van der Waals surface area contributed by atoms with Crippen LogP contribution in [0.15, 0.2) is 18.2 Å². The molecule has 0 spiro atoms. The third kappa shape index (κ3) is 1.45. The number of rotatable bonds is 0. The predicted molar refractivity (Wildman–Crippen MR) is 64.3 cm³/mol. The second-order valence-electron chi connectivity index (χ2n) is 4.88. The molecule has 4 heteroatoms. The maximum absolute atomic E-state index is 12.9. The lowest BCUT2D eigenvalue weighted by Crippen LogP contribution is -2.30. The van der Waals surface area contributed by atoms with Crippen molar-refractivity contribution < 1.29 is 9.30 Å². The number of hydrogen-bond acceptors (Lipinski definition) is 2. The van der Waals surface area contributed by atoms with Gasteiger partial charge in [0.05, 0.1) is 5.30 Å². The van der Waals surface area contributed by atoms with Gasteiger partial charge in [-0.15, -0.1) is 0 Å². The highest BCUT2D eigenvalue weighted by atomic mass is 31.2. The molecule has 1 aromatic rings. The first kappa shape index (κ1) is 10.8. The van der Waals surface area contributed by atoms with E-state index in [2.05, 4.69) is 0 Å². The van der Waals surface area contributed by atoms with Crippen molar-refractivity contribution in [1.29, 1.82) is 0 Å². The molecule has 1 aliphatic rings. The lowest BCUT2D eigenvalue weighted by atomic mass is 9.96. The summed E-state index contributed by atoms with van der Waals surface area (Å²) >= 11 is 0. The van der Waals surface area contributed by atoms with Gasteiger partial charge in [-0.05, 0) is 6.07 Å². The summed E-state index contributed by atoms with van der Waals surface area (Å²) in [5.74, 6) is 0.688. The van der Waals surface area contributed by atoms with E-state index in [1.54, 1.807) is 6.07 Å². The van der Waals surface area contributed by atoms with Crippen molar-refractivity contribution >= 4 is 25.8 Å². The Morgan fingerprint density at radius 1 is 1.40 bits per heavy atom. The maximum atomic E-state index is 12.9. The van der Waals surface area contributed by atoms with Gasteiger partial charge < -0.3 is 9.30 Å². The van der Waals surface area contributed by atoms with Gasteiger partial charge in [-0.1, -0.05) is 38.4 Å². The maximum Gasteiger partial charge on any atom is 0.159 e. The van der Waals surface area contributed by atoms with Crippen LogP contribution in [0.3, 0.4) is 0 Å². The van der Waals surface area contributed by atoms with Crippen LogP contribution in [0, 0.1) is 0 Å². The molecule has 1 heterocycles. The highest BCUT2D eigenvalue weighted by Gasteiger charge is 2.45. The minimum Gasteiger partial charge on any atom is -0.485 e. The van der Waals surface area contributed by atoms with E-state index < -0.39 is 7.14 Å². The van der Waals surface area contributed by atoms with E-state index >= 15 is 0 Å². The molecule has 15 heavy (non-hydrogen) atoms. The summed E-state index contributed by atoms with van der Waals surface area (Å²) < 4.78 is 18.4. The van der Waals surface area contributed by atoms with E-state index in [-0.39, 0.29) is 11.5 Å². The monoisotopic (exact) mass is 220 g/mol. The van der Waals surface area contributed by atoms with E-state index in [0.29, 0.717) is 11.2 Å². The van der Waals surface area contributed by atoms with E-state index in [0.717, 1.165) is 5.30 Å². The lowest BCUT2D eigenvalue weighted by Gasteiger charge is -2.27. The summed E-state index contributed by atoms with van der Waals surface area (Å²) in [5.41, 5.74) is 0.586. The normalized spacial score (nSPS) is 24.7. The summed E-state index contributed by atoms with van der Waals surface area (Å²) in [4.78, 5) is 0. The summed E-state index contributed by atoms with van der Waals surface area (Å²) in [6.45, 7) is 5.91. The fourth-order valence-electron chi connectivity index (χ4n) is 1.80. The van der Waals surface area contributed by atoms with E-state index in [1.165, 1.54) is 0 Å². The molecule has 1 aliphatic heterocycles. The highest BCUT2D eigenvalue weighted by Crippen LogP contribution is 2.60. The van der Waals surface area contributed by atoms with Gasteiger partial charge in [0.2, 0.25) is 0 Å². The molecule has 2 radical (unpaired) electrons. The molecule has 0 amide bonds. The number of benzene rings is 1. The Morgan fingerprint density at radius 3 is 2.67 bits per heavy atom. The van der Waals surface area contributed by atoms with Crippen molar-refractivity contribution in [1.82, 2.24) is 0 Å². The zero-order chi connectivity index (χ0) is 11.3. The van der Waals surface area contributed by atoms with Crippen LogP contribution in [0.4, 0.5) is 0 Å². The fraction of sp³-hybridized carbons (Fsp3) is 0.455. The Balaban J connectivity index is 2.68. The number of fused-ring (bicyclic) bond motifs is 1. The molecule has 0 aromatic heterocycles. The van der Waals surface area contributed by atoms with Crippen LogP contribution < -0.4 is 15.5 Å². The topological polar surface area (TPSA) is 26.3 Å². The van der Waals surface area contributed by atoms with E-state index in [1.807, 2.05) is 32.9 Å². The van der Waals surface area contributed by atoms with Crippen LogP contribution >= 0.6 is 7.14 Å². The van der Waals surface area contributed by atoms with Gasteiger partial charge in [-0.25, -0.2) is 0 Å². The smallest absolute Gasteiger partial charge is 0.159 e. The number of hydrogen-bond donors (Lipinski definition) is 0. The molecule has 0 saturated heterocycles. The molecule has 0 unspecified atom stereocenters. The molecular weight excluding hydrogens is 206 g/mol. The summed E-state index contributed by atoms with van der Waals surface area (Å²) in [5, 5.41) is 0.436. The molecule has 1 aromatic carbocycles. The predicted octanol–water partition coefficient (Wildman–Crippen LogP) is 1.62. The first-order chi connectivity index (χ1) is 6.86. The lowest BCUT2D eigenvalue weighted by molar-refractivity contribution is 0.389. The molecule has 0 N–H and O–H groups in total. The Hall–Kier alpha value is -0.685. The van der Waals surface area contributed by atoms with Gasteiger partial charge in [0.1, 0.15) is 19.9 Å². The Morgan fingerprint density at radius 2 is 2.07 bits per heavy atom. The Bertz CT molecular complexity index is 448. The van der Waals surface area contributed by atoms with Gasteiger partial charge in [0, 0.05) is 5.16 Å². The Labute approximate surface area is 91.8 Å². The largest absolute Gasteiger partial charge is 0.485 e. The molecule has 2 nitrogen and oxygen atoms in total. The molecule has 0 aliphatic carbocycles. The molecule has 0 saturated carbocycles. The van der Waals surface area contributed by atoms with E-state index in [9.17, 15) is 4.57 Å². The molecule has 1 atom stereocenters. The van der Waals surface area contributed by atoms with Crippen LogP contribution in [0.25, 0.3) is 0 Å². The van der Waals surface area contributed by atoms with Crippen LogP contribution in [-0.4, -0.2) is 19.4 Å². The highest BCUT2D eigenvalue weighted by molar-refractivity contribution is 7.73. The van der Waals surface area contributed by atoms with Gasteiger partial charge in [0.25, 0.3) is 0 Å². The SMILES string of the molecule is [B]c1cccc2c1[P@@](=O)(C(C)(C)C)CO2. The Kier molecular flexibility index (Phi) is 2.27. The van der Waals surface area contributed by atoms with Gasteiger partial charge in [-0.3, -0.25) is 0 Å². The quantitative estimate of drug-likeness (QED) is 0.490. The van der Waals surface area contributed by atoms with Crippen LogP contribution in [0.2, 0.25) is 0 Å². The second kappa shape index (κ2) is 3.15. The first-order valence-corrected chi connectivity index (χ1v) is 6.86. The van der Waals surface area contributed by atoms with Crippen molar-refractivity contribution in [2.24, 2.45) is 0 Å². The van der Waals surface area contributed by atoms with Crippen molar-refractivity contribution in [3.05, 3.63) is 18.2 Å². The summed E-state index contributed by atoms with van der Waals surface area (Å²) in [6, 6.07) is 5.44. The molecule has 78 valence electrons. The van der Waals surface area contributed by atoms with Crippen molar-refractivity contribution in [3.63, 3.8) is 0 Å². The van der Waals surface area contributed by atoms with Crippen molar-refractivity contribution in [2.45, 2.75) is 25.9 Å². The van der Waals surface area contributed by atoms with Crippen LogP contribution in [0.5, 0.6) is 5.75 Å². The van der Waals surface area contributed by atoms with Crippen LogP contribution in [-0.2, 0) is 4.57 Å². The molecule has 2 rings (SSSR count). The van der Waals surface area contributed by atoms with E-state index in [4.69, 9.17) is 12.6 Å². The number of ether oxygens (including phenoxy) is 1. The average molecular weight is 220 g/mol. The zero-order valence-electron chi connectivity index (χ0n) is 9.28. The molecular formula is C11H14BO2P. The summed E-state index contributed by atoms with van der Waals surface area (Å²) in [7, 11) is 3.36.